The van der Waals surface area contributed by atoms with Crippen molar-refractivity contribution in [3.8, 4) is 0 Å². The molecule has 7 rings (SSSR count). The minimum atomic E-state index is -2.04. The van der Waals surface area contributed by atoms with Gasteiger partial charge in [-0.05, 0) is 103 Å². The summed E-state index contributed by atoms with van der Waals surface area (Å²) in [6.45, 7) is 15.1. The number of allylic oxidation sites excluding steroid dienone is 2. The van der Waals surface area contributed by atoms with Crippen LogP contribution < -0.4 is 5.73 Å². The topological polar surface area (TPSA) is 273 Å². The van der Waals surface area contributed by atoms with Crippen LogP contribution in [0.2, 0.25) is 0 Å². The molecule has 2 aliphatic heterocycles. The largest absolute Gasteiger partial charge is 0.479 e. The Balaban J connectivity index is 1.17. The van der Waals surface area contributed by atoms with Gasteiger partial charge in [-0.25, -0.2) is 9.59 Å². The highest BCUT2D eigenvalue weighted by molar-refractivity contribution is 5.95. The Hall–Kier alpha value is -2.54. The lowest BCUT2D eigenvalue weighted by Gasteiger charge is -2.70. The summed E-state index contributed by atoms with van der Waals surface area (Å²) >= 11 is 0. The second-order valence-corrected chi connectivity index (χ2v) is 20.7. The van der Waals surface area contributed by atoms with Gasteiger partial charge in [0.15, 0.2) is 30.6 Å². The van der Waals surface area contributed by atoms with Crippen molar-refractivity contribution in [1.82, 2.24) is 0 Å². The van der Waals surface area contributed by atoms with Crippen molar-refractivity contribution < 1.29 is 73.9 Å². The molecule has 0 aromatic rings. The summed E-state index contributed by atoms with van der Waals surface area (Å²) < 4.78 is 23.4. The van der Waals surface area contributed by atoms with Gasteiger partial charge >= 0.3 is 11.9 Å². The average molecular weight is 822 g/mol. The highest BCUT2D eigenvalue weighted by Gasteiger charge is 2.71. The molecule has 0 spiro atoms. The van der Waals surface area contributed by atoms with Crippen LogP contribution in [0.5, 0.6) is 0 Å². The Kier molecular flexibility index (Phi) is 10.7. The maximum Gasteiger partial charge on any atom is 0.335 e. The van der Waals surface area contributed by atoms with E-state index in [0.29, 0.717) is 19.3 Å². The van der Waals surface area contributed by atoms with Gasteiger partial charge in [-0.3, -0.25) is 9.59 Å². The van der Waals surface area contributed by atoms with E-state index in [1.165, 1.54) is 0 Å². The monoisotopic (exact) mass is 821 g/mol. The van der Waals surface area contributed by atoms with Gasteiger partial charge in [-0.2, -0.15) is 0 Å². The first-order valence-electron chi connectivity index (χ1n) is 20.8. The van der Waals surface area contributed by atoms with Crippen LogP contribution in [-0.2, 0) is 38.1 Å². The molecule has 16 nitrogen and oxygen atoms in total. The highest BCUT2D eigenvalue weighted by atomic mass is 16.8. The van der Waals surface area contributed by atoms with E-state index < -0.39 is 101 Å². The summed E-state index contributed by atoms with van der Waals surface area (Å²) in [5.74, 6) is -3.81. The molecule has 326 valence electrons. The number of carboxylic acids is 2. The summed E-state index contributed by atoms with van der Waals surface area (Å²) in [4.78, 5) is 51.6. The fourth-order valence-corrected chi connectivity index (χ4v) is 13.4. The highest BCUT2D eigenvalue weighted by Crippen LogP contribution is 2.75. The standard InChI is InChI=1S/C42H63NO15/c1-37(2)21-8-11-42(7)31(20(44)16-18-19-17-39(4,36(43)54)13-12-38(19,3)14-15-41(18,42)6)40(21,5)10-9-22(37)55-35-30(26(48)25(47)29(57-35)33(52)53)58-34-27(49)23(45)24(46)28(56-34)32(50)51/h16,19,21-31,34-35,45-49H,8-15,17H2,1-7H3,(H2,43,54)(H,50,51)(H,52,53)/t19-,21-,22-,23-,24-,25-,26-,27+,28-,29-,30+,31+,34-,35?,38+,39-,40-,41+,42+/m0/s1. The molecule has 2 saturated heterocycles. The summed E-state index contributed by atoms with van der Waals surface area (Å²) in [5.41, 5.74) is 4.60. The first-order valence-corrected chi connectivity index (χ1v) is 20.8. The molecule has 58 heavy (non-hydrogen) atoms. The molecule has 0 aromatic carbocycles. The summed E-state index contributed by atoms with van der Waals surface area (Å²) in [5, 5.41) is 72.8. The van der Waals surface area contributed by atoms with Crippen LogP contribution in [0.1, 0.15) is 106 Å². The van der Waals surface area contributed by atoms with Crippen LogP contribution in [-0.4, -0.2) is 127 Å². The van der Waals surface area contributed by atoms with Crippen LogP contribution in [0, 0.1) is 50.2 Å². The summed E-state index contributed by atoms with van der Waals surface area (Å²) in [6, 6.07) is 0. The molecule has 9 N–H and O–H groups in total. The number of carboxylic acid groups (broad SMARTS) is 2. The number of aliphatic hydroxyl groups is 5. The van der Waals surface area contributed by atoms with Gasteiger partial charge in [-0.15, -0.1) is 0 Å². The Morgan fingerprint density at radius 2 is 1.31 bits per heavy atom. The van der Waals surface area contributed by atoms with Crippen LogP contribution >= 0.6 is 0 Å². The molecule has 7 aliphatic rings. The van der Waals surface area contributed by atoms with Crippen molar-refractivity contribution in [2.45, 2.75) is 174 Å². The molecule has 0 radical (unpaired) electrons. The van der Waals surface area contributed by atoms with Gasteiger partial charge in [0, 0.05) is 11.3 Å². The number of carbonyl (C=O) groups is 4. The predicted octanol–water partition coefficient (Wildman–Crippen LogP) is 1.65. The van der Waals surface area contributed by atoms with E-state index in [1.807, 2.05) is 26.8 Å². The Morgan fingerprint density at radius 1 is 0.724 bits per heavy atom. The number of fused-ring (bicyclic) bond motifs is 7. The first kappa shape index (κ1) is 43.5. The summed E-state index contributed by atoms with van der Waals surface area (Å²) in [7, 11) is 0. The van der Waals surface area contributed by atoms with Gasteiger partial charge in [0.1, 0.15) is 36.6 Å². The van der Waals surface area contributed by atoms with Crippen molar-refractivity contribution in [2.75, 3.05) is 0 Å². The fraction of sp³-hybridized carbons (Fsp3) is 0.857. The maximum atomic E-state index is 14.9. The quantitative estimate of drug-likeness (QED) is 0.170. The van der Waals surface area contributed by atoms with Crippen molar-refractivity contribution in [2.24, 2.45) is 56.0 Å². The molecule has 2 heterocycles. The molecule has 0 aromatic heterocycles. The van der Waals surface area contributed by atoms with Gasteiger partial charge in [0.05, 0.1) is 6.10 Å². The molecule has 19 atom stereocenters. The molecule has 1 amide bonds. The van der Waals surface area contributed by atoms with Crippen molar-refractivity contribution >= 4 is 23.6 Å². The number of carbonyl (C=O) groups excluding carboxylic acids is 2. The Morgan fingerprint density at radius 3 is 1.91 bits per heavy atom. The van der Waals surface area contributed by atoms with Crippen molar-refractivity contribution in [3.05, 3.63) is 11.6 Å². The van der Waals surface area contributed by atoms with Crippen LogP contribution in [0.4, 0.5) is 0 Å². The zero-order valence-electron chi connectivity index (χ0n) is 34.5. The Bertz CT molecular complexity index is 1740. The minimum absolute atomic E-state index is 0.0332. The fourth-order valence-electron chi connectivity index (χ4n) is 13.4. The minimum Gasteiger partial charge on any atom is -0.479 e. The van der Waals surface area contributed by atoms with E-state index in [-0.39, 0.29) is 40.3 Å². The third kappa shape index (κ3) is 6.25. The Labute approximate surface area is 338 Å². The molecular formula is C42H63NO15. The van der Waals surface area contributed by atoms with E-state index in [9.17, 15) is 54.9 Å². The number of rotatable bonds is 7. The van der Waals surface area contributed by atoms with Crippen LogP contribution in [0.15, 0.2) is 11.6 Å². The van der Waals surface area contributed by atoms with E-state index in [0.717, 1.165) is 44.1 Å². The lowest BCUT2D eigenvalue weighted by Crippen LogP contribution is -2.68. The number of hydrogen-bond acceptors (Lipinski definition) is 13. The number of nitrogens with two attached hydrogens (primary N) is 1. The normalized spacial score (nSPS) is 52.6. The zero-order valence-corrected chi connectivity index (χ0v) is 34.5. The molecule has 4 saturated carbocycles. The number of aliphatic hydroxyl groups excluding tert-OH is 5. The first-order chi connectivity index (χ1) is 26.8. The van der Waals surface area contributed by atoms with Gasteiger partial charge in [0.25, 0.3) is 0 Å². The van der Waals surface area contributed by atoms with E-state index in [2.05, 4.69) is 27.7 Å². The molecule has 16 heteroatoms. The SMILES string of the molecule is CC1(C)[C@@H](OC2O[C@H](C(=O)O)[C@@H](O)[C@H](O)[C@H]2O[C@@H]2O[C@H](C(=O)O)[C@@H](O)[C@H](O)[C@H]2O)CC[C@]2(C)[C@H]3C(=O)C=C4[C@@H]5C[C@@](C)(C(N)=O)CC[C@]5(C)CC[C@@]4(C)[C@]3(C)CC[C@@H]12. The van der Waals surface area contributed by atoms with Crippen LogP contribution in [0.25, 0.3) is 0 Å². The number of amides is 1. The molecule has 1 unspecified atom stereocenters. The smallest absolute Gasteiger partial charge is 0.335 e. The summed E-state index contributed by atoms with van der Waals surface area (Å²) in [6.07, 6.45) is -11.7. The third-order valence-electron chi connectivity index (χ3n) is 17.3. The molecule has 5 aliphatic carbocycles. The average Bonchev–Trinajstić information content (AvgIpc) is 3.13. The van der Waals surface area contributed by atoms with Crippen LogP contribution in [0.3, 0.4) is 0 Å². The van der Waals surface area contributed by atoms with E-state index >= 15 is 0 Å². The molecule has 0 bridgehead atoms. The van der Waals surface area contributed by atoms with Crippen molar-refractivity contribution in [1.29, 1.82) is 0 Å². The maximum absolute atomic E-state index is 14.9. The van der Waals surface area contributed by atoms with Crippen molar-refractivity contribution in [3.63, 3.8) is 0 Å². The second kappa shape index (κ2) is 14.3. The molecular weight excluding hydrogens is 758 g/mol. The van der Waals surface area contributed by atoms with E-state index in [1.54, 1.807) is 0 Å². The zero-order chi connectivity index (χ0) is 42.9. The van der Waals surface area contributed by atoms with Gasteiger partial charge in [-0.1, -0.05) is 54.0 Å². The third-order valence-corrected chi connectivity index (χ3v) is 17.3. The number of ether oxygens (including phenoxy) is 4. The second-order valence-electron chi connectivity index (χ2n) is 20.7. The van der Waals surface area contributed by atoms with Gasteiger partial charge < -0.3 is 60.4 Å². The van der Waals surface area contributed by atoms with E-state index in [4.69, 9.17) is 24.7 Å². The van der Waals surface area contributed by atoms with Gasteiger partial charge in [0.2, 0.25) is 5.91 Å². The lowest BCUT2D eigenvalue weighted by molar-refractivity contribution is -0.371. The molecule has 6 fully saturated rings. The number of hydrogen-bond donors (Lipinski definition) is 8. The number of primary amides is 1. The lowest BCUT2D eigenvalue weighted by atomic mass is 9.33. The predicted molar refractivity (Wildman–Crippen MR) is 201 cm³/mol. The number of aliphatic carboxylic acids is 2. The number of ketones is 1.